The minimum atomic E-state index is 0.681. The zero-order valence-electron chi connectivity index (χ0n) is 13.7. The number of benzene rings is 2. The third-order valence-corrected chi connectivity index (χ3v) is 3.47. The number of nitrogens with two attached hydrogens (primary N) is 1. The molecule has 0 aliphatic heterocycles. The molecule has 0 unspecified atom stereocenters. The summed E-state index contributed by atoms with van der Waals surface area (Å²) in [5.41, 5.74) is 10.1. The standard InChI is InChI=1S/C19H25NO2/c1-14-10-15(2)12-18(11-14)21-8-4-5-9-22-19-13-17(20)7-6-16(19)3/h6-7,10-13H,4-5,8-9,20H2,1-3H3. The van der Waals surface area contributed by atoms with E-state index >= 15 is 0 Å². The highest BCUT2D eigenvalue weighted by Crippen LogP contribution is 2.21. The lowest BCUT2D eigenvalue weighted by atomic mass is 10.1. The molecule has 0 bridgehead atoms. The van der Waals surface area contributed by atoms with Crippen LogP contribution in [0.3, 0.4) is 0 Å². The monoisotopic (exact) mass is 299 g/mol. The number of nitrogen functional groups attached to an aromatic ring is 1. The van der Waals surface area contributed by atoms with E-state index < -0.39 is 0 Å². The van der Waals surface area contributed by atoms with Gasteiger partial charge in [0.05, 0.1) is 13.2 Å². The number of ether oxygens (including phenoxy) is 2. The van der Waals surface area contributed by atoms with Crippen LogP contribution in [0.1, 0.15) is 29.5 Å². The molecule has 118 valence electrons. The van der Waals surface area contributed by atoms with Gasteiger partial charge in [-0.1, -0.05) is 12.1 Å². The van der Waals surface area contributed by atoms with Gasteiger partial charge in [0.25, 0.3) is 0 Å². The second kappa shape index (κ2) is 7.74. The van der Waals surface area contributed by atoms with Crippen molar-refractivity contribution < 1.29 is 9.47 Å². The summed E-state index contributed by atoms with van der Waals surface area (Å²) in [5.74, 6) is 1.82. The predicted molar refractivity (Wildman–Crippen MR) is 91.7 cm³/mol. The number of hydrogen-bond acceptors (Lipinski definition) is 3. The van der Waals surface area contributed by atoms with E-state index in [-0.39, 0.29) is 0 Å². The average molecular weight is 299 g/mol. The van der Waals surface area contributed by atoms with Gasteiger partial charge in [0.15, 0.2) is 0 Å². The maximum Gasteiger partial charge on any atom is 0.124 e. The number of hydrogen-bond donors (Lipinski definition) is 1. The van der Waals surface area contributed by atoms with E-state index in [2.05, 4.69) is 32.0 Å². The van der Waals surface area contributed by atoms with Crippen LogP contribution in [0.5, 0.6) is 11.5 Å². The first-order valence-corrected chi connectivity index (χ1v) is 7.74. The second-order valence-electron chi connectivity index (χ2n) is 5.75. The maximum absolute atomic E-state index is 5.79. The van der Waals surface area contributed by atoms with Gasteiger partial charge in [0.2, 0.25) is 0 Å². The number of aryl methyl sites for hydroxylation is 3. The van der Waals surface area contributed by atoms with Crippen molar-refractivity contribution in [1.82, 2.24) is 0 Å². The van der Waals surface area contributed by atoms with E-state index in [1.807, 2.05) is 25.1 Å². The van der Waals surface area contributed by atoms with E-state index in [4.69, 9.17) is 15.2 Å². The predicted octanol–water partition coefficient (Wildman–Crippen LogP) is 4.43. The topological polar surface area (TPSA) is 44.5 Å². The Morgan fingerprint density at radius 1 is 0.818 bits per heavy atom. The highest BCUT2D eigenvalue weighted by Gasteiger charge is 2.01. The van der Waals surface area contributed by atoms with Gasteiger partial charge in [-0.05, 0) is 68.5 Å². The van der Waals surface area contributed by atoms with Crippen LogP contribution in [-0.4, -0.2) is 13.2 Å². The lowest BCUT2D eigenvalue weighted by Gasteiger charge is -2.11. The van der Waals surface area contributed by atoms with Crippen LogP contribution in [-0.2, 0) is 0 Å². The summed E-state index contributed by atoms with van der Waals surface area (Å²) in [6, 6.07) is 12.0. The Hall–Kier alpha value is -2.16. The van der Waals surface area contributed by atoms with Crippen LogP contribution in [0, 0.1) is 20.8 Å². The van der Waals surface area contributed by atoms with Gasteiger partial charge in [-0.3, -0.25) is 0 Å². The molecule has 0 aliphatic rings. The Balaban J connectivity index is 1.68. The molecule has 3 heteroatoms. The highest BCUT2D eigenvalue weighted by molar-refractivity contribution is 5.47. The van der Waals surface area contributed by atoms with Crippen LogP contribution in [0.15, 0.2) is 36.4 Å². The average Bonchev–Trinajstić information content (AvgIpc) is 2.45. The lowest BCUT2D eigenvalue weighted by molar-refractivity contribution is 0.265. The molecule has 0 radical (unpaired) electrons. The molecule has 2 N–H and O–H groups in total. The lowest BCUT2D eigenvalue weighted by Crippen LogP contribution is -2.03. The molecular formula is C19H25NO2. The normalized spacial score (nSPS) is 10.5. The zero-order chi connectivity index (χ0) is 15.9. The van der Waals surface area contributed by atoms with Crippen molar-refractivity contribution in [3.8, 4) is 11.5 Å². The summed E-state index contributed by atoms with van der Waals surface area (Å²) in [6.45, 7) is 7.59. The molecule has 0 aromatic heterocycles. The maximum atomic E-state index is 5.79. The van der Waals surface area contributed by atoms with Crippen LogP contribution < -0.4 is 15.2 Å². The molecule has 2 aromatic carbocycles. The van der Waals surface area contributed by atoms with Gasteiger partial charge in [-0.2, -0.15) is 0 Å². The Bertz CT molecular complexity index is 603. The SMILES string of the molecule is Cc1cc(C)cc(OCCCCOc2cc(N)ccc2C)c1. The van der Waals surface area contributed by atoms with Crippen molar-refractivity contribution in [1.29, 1.82) is 0 Å². The van der Waals surface area contributed by atoms with Gasteiger partial charge < -0.3 is 15.2 Å². The Kier molecular flexibility index (Phi) is 5.70. The number of unbranched alkanes of at least 4 members (excludes halogenated alkanes) is 1. The Labute approximate surface area is 133 Å². The molecule has 2 rings (SSSR count). The van der Waals surface area contributed by atoms with Gasteiger partial charge >= 0.3 is 0 Å². The molecule has 0 saturated carbocycles. The van der Waals surface area contributed by atoms with Crippen molar-refractivity contribution in [2.75, 3.05) is 18.9 Å². The quantitative estimate of drug-likeness (QED) is 0.607. The van der Waals surface area contributed by atoms with Crippen LogP contribution in [0.2, 0.25) is 0 Å². The molecule has 0 aliphatic carbocycles. The van der Waals surface area contributed by atoms with E-state index in [1.165, 1.54) is 11.1 Å². The number of rotatable bonds is 7. The summed E-state index contributed by atoms with van der Waals surface area (Å²) in [5, 5.41) is 0. The number of anilines is 1. The zero-order valence-corrected chi connectivity index (χ0v) is 13.7. The summed E-state index contributed by atoms with van der Waals surface area (Å²) >= 11 is 0. The molecule has 0 amide bonds. The molecule has 0 atom stereocenters. The van der Waals surface area contributed by atoms with E-state index in [1.54, 1.807) is 0 Å². The van der Waals surface area contributed by atoms with Crippen molar-refractivity contribution in [3.63, 3.8) is 0 Å². The molecule has 0 fully saturated rings. The Morgan fingerprint density at radius 2 is 1.45 bits per heavy atom. The summed E-state index contributed by atoms with van der Waals surface area (Å²) in [6.07, 6.45) is 1.92. The summed E-state index contributed by atoms with van der Waals surface area (Å²) in [7, 11) is 0. The van der Waals surface area contributed by atoms with Gasteiger partial charge in [0.1, 0.15) is 11.5 Å². The fourth-order valence-electron chi connectivity index (χ4n) is 2.36. The van der Waals surface area contributed by atoms with E-state index in [0.29, 0.717) is 13.2 Å². The minimum Gasteiger partial charge on any atom is -0.494 e. The van der Waals surface area contributed by atoms with Crippen LogP contribution in [0.4, 0.5) is 5.69 Å². The van der Waals surface area contributed by atoms with E-state index in [9.17, 15) is 0 Å². The van der Waals surface area contributed by atoms with Crippen LogP contribution in [0.25, 0.3) is 0 Å². The highest BCUT2D eigenvalue weighted by atomic mass is 16.5. The summed E-state index contributed by atoms with van der Waals surface area (Å²) in [4.78, 5) is 0. The van der Waals surface area contributed by atoms with Crippen LogP contribution >= 0.6 is 0 Å². The molecule has 22 heavy (non-hydrogen) atoms. The van der Waals surface area contributed by atoms with Crippen molar-refractivity contribution in [3.05, 3.63) is 53.1 Å². The van der Waals surface area contributed by atoms with Crippen molar-refractivity contribution in [2.24, 2.45) is 0 Å². The largest absolute Gasteiger partial charge is 0.494 e. The smallest absolute Gasteiger partial charge is 0.124 e. The first-order valence-electron chi connectivity index (χ1n) is 7.74. The molecule has 0 heterocycles. The molecule has 0 saturated heterocycles. The fraction of sp³-hybridized carbons (Fsp3) is 0.368. The fourth-order valence-corrected chi connectivity index (χ4v) is 2.36. The first kappa shape index (κ1) is 16.2. The third-order valence-electron chi connectivity index (χ3n) is 3.47. The molecule has 2 aromatic rings. The molecule has 3 nitrogen and oxygen atoms in total. The van der Waals surface area contributed by atoms with Crippen molar-refractivity contribution in [2.45, 2.75) is 33.6 Å². The first-order chi connectivity index (χ1) is 10.5. The minimum absolute atomic E-state index is 0.681. The van der Waals surface area contributed by atoms with Gasteiger partial charge in [-0.25, -0.2) is 0 Å². The van der Waals surface area contributed by atoms with Gasteiger partial charge in [-0.15, -0.1) is 0 Å². The second-order valence-corrected chi connectivity index (χ2v) is 5.75. The molecule has 0 spiro atoms. The summed E-state index contributed by atoms with van der Waals surface area (Å²) < 4.78 is 11.6. The Morgan fingerprint density at radius 3 is 2.14 bits per heavy atom. The third kappa shape index (κ3) is 4.99. The van der Waals surface area contributed by atoms with Crippen molar-refractivity contribution >= 4 is 5.69 Å². The van der Waals surface area contributed by atoms with Gasteiger partial charge in [0, 0.05) is 11.8 Å². The van der Waals surface area contributed by atoms with E-state index in [0.717, 1.165) is 35.6 Å². The molecular weight excluding hydrogens is 274 g/mol.